The molecule has 2 aliphatic rings. The van der Waals surface area contributed by atoms with Gasteiger partial charge in [-0.2, -0.15) is 0 Å². The number of esters is 1. The lowest BCUT2D eigenvalue weighted by Crippen LogP contribution is -2.55. The monoisotopic (exact) mass is 455 g/mol. The Balaban J connectivity index is 1.78. The third kappa shape index (κ3) is 2.93. The minimum Gasteiger partial charge on any atom is -0.468 e. The van der Waals surface area contributed by atoms with Gasteiger partial charge in [-0.3, -0.25) is 19.7 Å². The Morgan fingerprint density at radius 1 is 0.912 bits per heavy atom. The molecule has 5 rings (SSSR count). The van der Waals surface area contributed by atoms with Crippen LogP contribution in [0.2, 0.25) is 0 Å². The summed E-state index contributed by atoms with van der Waals surface area (Å²) in [6, 6.07) is 22.2. The second-order valence-corrected chi connectivity index (χ2v) is 10.5. The molecule has 0 amide bonds. The molecule has 5 heteroatoms. The van der Waals surface area contributed by atoms with Gasteiger partial charge in [0, 0.05) is 17.9 Å². The molecule has 0 aromatic heterocycles. The number of hydrogen-bond donors (Lipinski definition) is 1. The molecule has 5 nitrogen and oxygen atoms in total. The second-order valence-electron chi connectivity index (χ2n) is 10.5. The molecule has 1 aliphatic carbocycles. The van der Waals surface area contributed by atoms with E-state index in [0.717, 1.165) is 16.3 Å². The normalized spacial score (nSPS) is 29.7. The van der Waals surface area contributed by atoms with Crippen LogP contribution in [0.25, 0.3) is 10.8 Å². The van der Waals surface area contributed by atoms with Crippen molar-refractivity contribution in [1.29, 1.82) is 0 Å². The minimum atomic E-state index is -1.43. The molecule has 0 spiro atoms. The van der Waals surface area contributed by atoms with Gasteiger partial charge in [0.15, 0.2) is 5.78 Å². The third-order valence-corrected chi connectivity index (χ3v) is 7.92. The third-order valence-electron chi connectivity index (χ3n) is 7.92. The highest BCUT2D eigenvalue weighted by atomic mass is 16.5. The molecule has 4 atom stereocenters. The average Bonchev–Trinajstić information content (AvgIpc) is 3.27. The number of benzene rings is 3. The molecule has 174 valence electrons. The van der Waals surface area contributed by atoms with Crippen LogP contribution >= 0.6 is 0 Å². The van der Waals surface area contributed by atoms with Gasteiger partial charge in [0.05, 0.1) is 13.2 Å². The lowest BCUT2D eigenvalue weighted by atomic mass is 9.59. The van der Waals surface area contributed by atoms with Crippen LogP contribution in [0.1, 0.15) is 49.2 Å². The maximum Gasteiger partial charge on any atom is 0.326 e. The smallest absolute Gasteiger partial charge is 0.326 e. The number of nitrogens with one attached hydrogen (secondary N) is 1. The molecular weight excluding hydrogens is 426 g/mol. The fourth-order valence-corrected chi connectivity index (χ4v) is 6.84. The highest BCUT2D eigenvalue weighted by molar-refractivity contribution is 6.19. The summed E-state index contributed by atoms with van der Waals surface area (Å²) in [5.74, 6) is -1.42. The zero-order valence-electron chi connectivity index (χ0n) is 19.9. The second kappa shape index (κ2) is 7.60. The number of ketones is 2. The summed E-state index contributed by atoms with van der Waals surface area (Å²) >= 11 is 0. The maximum atomic E-state index is 14.6. The van der Waals surface area contributed by atoms with E-state index in [4.69, 9.17) is 4.74 Å². The first-order valence-corrected chi connectivity index (χ1v) is 11.6. The minimum absolute atomic E-state index is 0.130. The van der Waals surface area contributed by atoms with Crippen LogP contribution in [0.5, 0.6) is 0 Å². The number of carbonyl (C=O) groups is 3. The van der Waals surface area contributed by atoms with E-state index >= 15 is 0 Å². The van der Waals surface area contributed by atoms with Crippen LogP contribution in [-0.4, -0.2) is 30.2 Å². The average molecular weight is 456 g/mol. The summed E-state index contributed by atoms with van der Waals surface area (Å²) < 4.78 is 5.22. The number of carbonyl (C=O) groups excluding carboxylic acids is 3. The van der Waals surface area contributed by atoms with E-state index in [1.165, 1.54) is 7.11 Å². The summed E-state index contributed by atoms with van der Waals surface area (Å²) in [7, 11) is 1.35. The van der Waals surface area contributed by atoms with Crippen LogP contribution in [0.3, 0.4) is 0 Å². The molecular formula is C29H29NO4. The molecule has 1 saturated carbocycles. The molecule has 0 radical (unpaired) electrons. The van der Waals surface area contributed by atoms with Crippen molar-refractivity contribution in [3.05, 3.63) is 83.9 Å². The number of rotatable bonds is 4. The van der Waals surface area contributed by atoms with E-state index in [0.29, 0.717) is 5.56 Å². The van der Waals surface area contributed by atoms with Crippen molar-refractivity contribution in [2.24, 2.45) is 16.7 Å². The van der Waals surface area contributed by atoms with Crippen molar-refractivity contribution in [2.45, 2.75) is 38.8 Å². The number of methoxy groups -OCH3 is 1. The zero-order valence-corrected chi connectivity index (χ0v) is 19.9. The predicted molar refractivity (Wildman–Crippen MR) is 130 cm³/mol. The number of ether oxygens (including phenoxy) is 1. The summed E-state index contributed by atoms with van der Waals surface area (Å²) in [5.41, 5.74) is -1.96. The fourth-order valence-electron chi connectivity index (χ4n) is 6.84. The topological polar surface area (TPSA) is 72.5 Å². The van der Waals surface area contributed by atoms with E-state index in [1.807, 2.05) is 80.6 Å². The Labute approximate surface area is 199 Å². The van der Waals surface area contributed by atoms with Crippen molar-refractivity contribution in [2.75, 3.05) is 7.11 Å². The fraction of sp³-hybridized carbons (Fsp3) is 0.345. The molecule has 3 aromatic carbocycles. The lowest BCUT2D eigenvalue weighted by Gasteiger charge is -2.39. The SMILES string of the molecule is COC(=O)[C@@]1(C)N[C@@H](c2ccccc2)[C@@]2(C(=O)c3ccc4ccccc4c3)C(=O)CC(C)(C)C21. The maximum absolute atomic E-state index is 14.6. The molecule has 3 aromatic rings. The van der Waals surface area contributed by atoms with Crippen molar-refractivity contribution < 1.29 is 19.1 Å². The molecule has 1 N–H and O–H groups in total. The Bertz CT molecular complexity index is 1310. The van der Waals surface area contributed by atoms with Gasteiger partial charge in [0.2, 0.25) is 0 Å². The van der Waals surface area contributed by atoms with Crippen molar-refractivity contribution in [3.8, 4) is 0 Å². The number of hydrogen-bond acceptors (Lipinski definition) is 5. The van der Waals surface area contributed by atoms with Crippen LogP contribution in [-0.2, 0) is 14.3 Å². The van der Waals surface area contributed by atoms with E-state index in [9.17, 15) is 14.4 Å². The van der Waals surface area contributed by atoms with Crippen LogP contribution in [0, 0.1) is 16.7 Å². The van der Waals surface area contributed by atoms with Gasteiger partial charge in [0.25, 0.3) is 0 Å². The largest absolute Gasteiger partial charge is 0.468 e. The highest BCUT2D eigenvalue weighted by Gasteiger charge is 2.77. The highest BCUT2D eigenvalue weighted by Crippen LogP contribution is 2.66. The molecule has 34 heavy (non-hydrogen) atoms. The van der Waals surface area contributed by atoms with Gasteiger partial charge >= 0.3 is 5.97 Å². The number of fused-ring (bicyclic) bond motifs is 2. The van der Waals surface area contributed by atoms with E-state index in [-0.39, 0.29) is 18.0 Å². The molecule has 1 saturated heterocycles. The lowest BCUT2D eigenvalue weighted by molar-refractivity contribution is -0.151. The van der Waals surface area contributed by atoms with Crippen molar-refractivity contribution in [1.82, 2.24) is 5.32 Å². The van der Waals surface area contributed by atoms with E-state index < -0.39 is 34.3 Å². The van der Waals surface area contributed by atoms with Gasteiger partial charge in [0.1, 0.15) is 16.7 Å². The Kier molecular flexibility index (Phi) is 5.03. The van der Waals surface area contributed by atoms with E-state index in [1.54, 1.807) is 13.0 Å². The summed E-state index contributed by atoms with van der Waals surface area (Å²) in [4.78, 5) is 41.8. The van der Waals surface area contributed by atoms with Crippen molar-refractivity contribution in [3.63, 3.8) is 0 Å². The Morgan fingerprint density at radius 3 is 2.24 bits per heavy atom. The molecule has 1 heterocycles. The zero-order chi connectivity index (χ0) is 24.3. The van der Waals surface area contributed by atoms with Crippen molar-refractivity contribution >= 4 is 28.3 Å². The molecule has 2 fully saturated rings. The predicted octanol–water partition coefficient (Wildman–Crippen LogP) is 4.90. The summed E-state index contributed by atoms with van der Waals surface area (Å²) in [6.45, 7) is 5.72. The van der Waals surface area contributed by atoms with Gasteiger partial charge in [-0.25, -0.2) is 0 Å². The standard InChI is InChI=1S/C29H29NO4/c1-27(2)17-22(31)29(24(32)21-15-14-18-10-8-9-13-20(18)16-21)23(19-11-6-5-7-12-19)30-28(3,25(27)29)26(33)34-4/h5-16,23,25,30H,17H2,1-4H3/t23-,25?,28-,29+/m0/s1. The van der Waals surface area contributed by atoms with Crippen LogP contribution < -0.4 is 5.32 Å². The summed E-state index contributed by atoms with van der Waals surface area (Å²) in [5, 5.41) is 5.39. The number of Topliss-reactive ketones (excluding diaryl/α,β-unsaturated/α-hetero) is 2. The van der Waals surface area contributed by atoms with Gasteiger partial charge in [-0.15, -0.1) is 0 Å². The Morgan fingerprint density at radius 2 is 1.56 bits per heavy atom. The Hall–Kier alpha value is -3.31. The molecule has 1 unspecified atom stereocenters. The van der Waals surface area contributed by atoms with E-state index in [2.05, 4.69) is 5.32 Å². The van der Waals surface area contributed by atoms with Crippen LogP contribution in [0.15, 0.2) is 72.8 Å². The van der Waals surface area contributed by atoms with Gasteiger partial charge < -0.3 is 4.74 Å². The molecule has 0 bridgehead atoms. The first-order chi connectivity index (χ1) is 16.2. The van der Waals surface area contributed by atoms with Gasteiger partial charge in [-0.05, 0) is 34.7 Å². The van der Waals surface area contributed by atoms with Gasteiger partial charge in [-0.1, -0.05) is 80.6 Å². The first-order valence-electron chi connectivity index (χ1n) is 11.6. The van der Waals surface area contributed by atoms with Crippen LogP contribution in [0.4, 0.5) is 0 Å². The first kappa shape index (κ1) is 22.5. The summed E-state index contributed by atoms with van der Waals surface area (Å²) in [6.07, 6.45) is 0.217. The molecule has 1 aliphatic heterocycles. The quantitative estimate of drug-likeness (QED) is 0.344.